The number of carbonyl (C=O) groups is 1. The minimum Gasteiger partial charge on any atom is -0.399 e. The number of hydrogen-bond acceptors (Lipinski definition) is 2. The Kier molecular flexibility index (Phi) is 3.85. The Labute approximate surface area is 117 Å². The van der Waals surface area contributed by atoms with E-state index in [0.717, 1.165) is 18.2 Å². The van der Waals surface area contributed by atoms with Crippen molar-refractivity contribution in [2.45, 2.75) is 0 Å². The first-order valence-corrected chi connectivity index (χ1v) is 5.77. The van der Waals surface area contributed by atoms with E-state index in [1.807, 2.05) is 0 Å². The molecular formula is C13H8ClF3N2O. The van der Waals surface area contributed by atoms with Crippen molar-refractivity contribution in [2.24, 2.45) is 0 Å². The third kappa shape index (κ3) is 2.85. The maximum Gasteiger partial charge on any atom is 0.258 e. The van der Waals surface area contributed by atoms with E-state index < -0.39 is 29.0 Å². The van der Waals surface area contributed by atoms with Crippen LogP contribution < -0.4 is 11.1 Å². The van der Waals surface area contributed by atoms with Crippen LogP contribution in [0.5, 0.6) is 0 Å². The molecule has 0 aliphatic carbocycles. The molecule has 20 heavy (non-hydrogen) atoms. The van der Waals surface area contributed by atoms with Crippen molar-refractivity contribution in [3.63, 3.8) is 0 Å². The fourth-order valence-corrected chi connectivity index (χ4v) is 1.80. The molecule has 0 atom stereocenters. The molecule has 2 rings (SSSR count). The molecule has 0 aromatic heterocycles. The molecule has 0 bridgehead atoms. The second-order valence-electron chi connectivity index (χ2n) is 3.94. The minimum atomic E-state index is -1.06. The van der Waals surface area contributed by atoms with E-state index in [2.05, 4.69) is 5.32 Å². The molecule has 3 nitrogen and oxygen atoms in total. The van der Waals surface area contributed by atoms with Gasteiger partial charge in [0.1, 0.15) is 11.6 Å². The lowest BCUT2D eigenvalue weighted by molar-refractivity contribution is 0.102. The van der Waals surface area contributed by atoms with E-state index in [-0.39, 0.29) is 16.3 Å². The van der Waals surface area contributed by atoms with Crippen LogP contribution in [0.4, 0.5) is 24.5 Å². The largest absolute Gasteiger partial charge is 0.399 e. The van der Waals surface area contributed by atoms with Crippen LogP contribution in [0.1, 0.15) is 10.4 Å². The SMILES string of the molecule is Nc1ccc(F)c(C(=O)Nc2c(F)cc(F)cc2Cl)c1. The monoisotopic (exact) mass is 300 g/mol. The second-order valence-corrected chi connectivity index (χ2v) is 4.35. The summed E-state index contributed by atoms with van der Waals surface area (Å²) in [5, 5.41) is 1.75. The van der Waals surface area contributed by atoms with E-state index in [4.69, 9.17) is 17.3 Å². The lowest BCUT2D eigenvalue weighted by Gasteiger charge is -2.09. The predicted molar refractivity (Wildman–Crippen MR) is 70.1 cm³/mol. The van der Waals surface area contributed by atoms with Gasteiger partial charge < -0.3 is 11.1 Å². The molecule has 0 aliphatic heterocycles. The number of carbonyl (C=O) groups excluding carboxylic acids is 1. The highest BCUT2D eigenvalue weighted by Crippen LogP contribution is 2.27. The number of hydrogen-bond donors (Lipinski definition) is 2. The average Bonchev–Trinajstić information content (AvgIpc) is 2.36. The Morgan fingerprint density at radius 1 is 1.10 bits per heavy atom. The quantitative estimate of drug-likeness (QED) is 0.833. The van der Waals surface area contributed by atoms with Crippen LogP contribution in [0.3, 0.4) is 0 Å². The summed E-state index contributed by atoms with van der Waals surface area (Å²) < 4.78 is 39.9. The van der Waals surface area contributed by atoms with Crippen LogP contribution >= 0.6 is 11.6 Å². The molecule has 0 unspecified atom stereocenters. The maximum absolute atomic E-state index is 13.5. The molecule has 0 saturated carbocycles. The summed E-state index contributed by atoms with van der Waals surface area (Å²) in [7, 11) is 0. The van der Waals surface area contributed by atoms with Crippen LogP contribution in [-0.2, 0) is 0 Å². The highest BCUT2D eigenvalue weighted by molar-refractivity contribution is 6.34. The van der Waals surface area contributed by atoms with Crippen LogP contribution in [0.15, 0.2) is 30.3 Å². The summed E-state index contributed by atoms with van der Waals surface area (Å²) in [6.45, 7) is 0. The average molecular weight is 301 g/mol. The van der Waals surface area contributed by atoms with Crippen molar-refractivity contribution < 1.29 is 18.0 Å². The van der Waals surface area contributed by atoms with Gasteiger partial charge in [0.05, 0.1) is 16.3 Å². The Morgan fingerprint density at radius 2 is 1.80 bits per heavy atom. The molecule has 0 heterocycles. The van der Waals surface area contributed by atoms with Crippen molar-refractivity contribution in [2.75, 3.05) is 11.1 Å². The zero-order valence-corrected chi connectivity index (χ0v) is 10.6. The van der Waals surface area contributed by atoms with Crippen LogP contribution in [0.2, 0.25) is 5.02 Å². The van der Waals surface area contributed by atoms with Crippen LogP contribution in [0.25, 0.3) is 0 Å². The number of anilines is 2. The lowest BCUT2D eigenvalue weighted by Crippen LogP contribution is -2.15. The summed E-state index contributed by atoms with van der Waals surface area (Å²) in [6.07, 6.45) is 0. The van der Waals surface area contributed by atoms with Crippen molar-refractivity contribution in [1.82, 2.24) is 0 Å². The van der Waals surface area contributed by atoms with Gasteiger partial charge in [0.25, 0.3) is 5.91 Å². The van der Waals surface area contributed by atoms with E-state index in [9.17, 15) is 18.0 Å². The Hall–Kier alpha value is -2.21. The molecule has 0 fully saturated rings. The third-order valence-corrected chi connectivity index (χ3v) is 2.78. The summed E-state index contributed by atoms with van der Waals surface area (Å²) in [6, 6.07) is 4.76. The van der Waals surface area contributed by atoms with Crippen molar-refractivity contribution >= 4 is 28.9 Å². The standard InChI is InChI=1S/C13H8ClF3N2O/c14-9-3-6(15)4-11(17)12(9)19-13(20)8-5-7(18)1-2-10(8)16/h1-5H,18H2,(H,19,20). The van der Waals surface area contributed by atoms with Gasteiger partial charge in [0.15, 0.2) is 5.82 Å². The zero-order chi connectivity index (χ0) is 14.9. The number of halogens is 4. The van der Waals surface area contributed by atoms with Gasteiger partial charge >= 0.3 is 0 Å². The van der Waals surface area contributed by atoms with Gasteiger partial charge in [-0.3, -0.25) is 4.79 Å². The van der Waals surface area contributed by atoms with Gasteiger partial charge in [-0.1, -0.05) is 11.6 Å². The first-order valence-electron chi connectivity index (χ1n) is 5.39. The van der Waals surface area contributed by atoms with Gasteiger partial charge in [0, 0.05) is 11.8 Å². The third-order valence-electron chi connectivity index (χ3n) is 2.48. The second kappa shape index (κ2) is 5.42. The number of amides is 1. The van der Waals surface area contributed by atoms with Crippen LogP contribution in [-0.4, -0.2) is 5.91 Å². The Bertz CT molecular complexity index is 668. The van der Waals surface area contributed by atoms with E-state index in [1.54, 1.807) is 0 Å². The zero-order valence-electron chi connectivity index (χ0n) is 9.88. The maximum atomic E-state index is 13.5. The summed E-state index contributed by atoms with van der Waals surface area (Å²) in [5.41, 5.74) is 4.81. The number of nitrogen functional groups attached to an aromatic ring is 1. The number of benzene rings is 2. The van der Waals surface area contributed by atoms with Crippen molar-refractivity contribution in [3.8, 4) is 0 Å². The van der Waals surface area contributed by atoms with Crippen LogP contribution in [0, 0.1) is 17.5 Å². The summed E-state index contributed by atoms with van der Waals surface area (Å²) >= 11 is 5.62. The molecule has 2 aromatic rings. The Balaban J connectivity index is 2.35. The molecule has 0 saturated heterocycles. The van der Waals surface area contributed by atoms with Crippen molar-refractivity contribution in [1.29, 1.82) is 0 Å². The molecule has 3 N–H and O–H groups in total. The van der Waals surface area contributed by atoms with E-state index in [1.165, 1.54) is 6.07 Å². The highest BCUT2D eigenvalue weighted by Gasteiger charge is 2.17. The Morgan fingerprint density at radius 3 is 2.45 bits per heavy atom. The molecule has 0 radical (unpaired) electrons. The van der Waals surface area contributed by atoms with Gasteiger partial charge in [-0.2, -0.15) is 0 Å². The molecule has 0 aliphatic rings. The number of nitrogens with two attached hydrogens (primary N) is 1. The molecule has 0 spiro atoms. The molecule has 1 amide bonds. The topological polar surface area (TPSA) is 55.1 Å². The fraction of sp³-hybridized carbons (Fsp3) is 0. The number of rotatable bonds is 2. The molecule has 2 aromatic carbocycles. The predicted octanol–water partition coefficient (Wildman–Crippen LogP) is 3.59. The van der Waals surface area contributed by atoms with Gasteiger partial charge in [-0.05, 0) is 24.3 Å². The summed E-state index contributed by atoms with van der Waals surface area (Å²) in [5.74, 6) is -3.72. The highest BCUT2D eigenvalue weighted by atomic mass is 35.5. The fourth-order valence-electron chi connectivity index (χ4n) is 1.56. The van der Waals surface area contributed by atoms with Gasteiger partial charge in [-0.25, -0.2) is 13.2 Å². The smallest absolute Gasteiger partial charge is 0.258 e. The minimum absolute atomic E-state index is 0.169. The first-order chi connectivity index (χ1) is 9.38. The molecule has 7 heteroatoms. The summed E-state index contributed by atoms with van der Waals surface area (Å²) in [4.78, 5) is 11.9. The first kappa shape index (κ1) is 14.2. The number of nitrogens with one attached hydrogen (secondary N) is 1. The lowest BCUT2D eigenvalue weighted by atomic mass is 10.1. The van der Waals surface area contributed by atoms with Gasteiger partial charge in [0.2, 0.25) is 0 Å². The molecule has 104 valence electrons. The van der Waals surface area contributed by atoms with Crippen molar-refractivity contribution in [3.05, 3.63) is 58.4 Å². The molecular weight excluding hydrogens is 293 g/mol. The normalized spacial score (nSPS) is 10.4. The van der Waals surface area contributed by atoms with E-state index >= 15 is 0 Å². The van der Waals surface area contributed by atoms with Gasteiger partial charge in [-0.15, -0.1) is 0 Å². The van der Waals surface area contributed by atoms with E-state index in [0.29, 0.717) is 6.07 Å².